The van der Waals surface area contributed by atoms with Crippen LogP contribution in [-0.4, -0.2) is 5.91 Å². The SMILES string of the molecule is Nc1cc(C(=O)NCc2ccc(F)cc2)ccc1F. The van der Waals surface area contributed by atoms with Crippen LogP contribution in [0.15, 0.2) is 42.5 Å². The first-order valence-corrected chi connectivity index (χ1v) is 5.64. The van der Waals surface area contributed by atoms with E-state index in [4.69, 9.17) is 5.73 Å². The molecule has 19 heavy (non-hydrogen) atoms. The van der Waals surface area contributed by atoms with Crippen LogP contribution in [0.3, 0.4) is 0 Å². The molecule has 0 atom stereocenters. The Morgan fingerprint density at radius 3 is 2.42 bits per heavy atom. The second-order valence-corrected chi connectivity index (χ2v) is 4.05. The van der Waals surface area contributed by atoms with Gasteiger partial charge < -0.3 is 11.1 Å². The van der Waals surface area contributed by atoms with Crippen molar-refractivity contribution in [1.29, 1.82) is 0 Å². The van der Waals surface area contributed by atoms with Crippen LogP contribution < -0.4 is 11.1 Å². The highest BCUT2D eigenvalue weighted by Crippen LogP contribution is 2.12. The molecule has 98 valence electrons. The lowest BCUT2D eigenvalue weighted by Gasteiger charge is -2.06. The highest BCUT2D eigenvalue weighted by molar-refractivity contribution is 5.94. The average molecular weight is 262 g/mol. The summed E-state index contributed by atoms with van der Waals surface area (Å²) in [6, 6.07) is 9.56. The van der Waals surface area contributed by atoms with Crippen molar-refractivity contribution >= 4 is 11.6 Å². The standard InChI is InChI=1S/C14H12F2N2O/c15-11-4-1-9(2-5-11)8-18-14(19)10-3-6-12(16)13(17)7-10/h1-7H,8,17H2,(H,18,19). The van der Waals surface area contributed by atoms with E-state index in [9.17, 15) is 13.6 Å². The van der Waals surface area contributed by atoms with E-state index in [0.717, 1.165) is 11.6 Å². The summed E-state index contributed by atoms with van der Waals surface area (Å²) in [7, 11) is 0. The highest BCUT2D eigenvalue weighted by atomic mass is 19.1. The first kappa shape index (κ1) is 13.0. The molecule has 0 unspecified atom stereocenters. The molecule has 2 rings (SSSR count). The summed E-state index contributed by atoms with van der Waals surface area (Å²) >= 11 is 0. The monoisotopic (exact) mass is 262 g/mol. The van der Waals surface area contributed by atoms with E-state index < -0.39 is 5.82 Å². The van der Waals surface area contributed by atoms with Crippen molar-refractivity contribution in [1.82, 2.24) is 5.32 Å². The number of rotatable bonds is 3. The summed E-state index contributed by atoms with van der Waals surface area (Å²) in [5, 5.41) is 2.64. The van der Waals surface area contributed by atoms with Crippen molar-refractivity contribution in [3.8, 4) is 0 Å². The zero-order valence-corrected chi connectivity index (χ0v) is 9.99. The molecular formula is C14H12F2N2O. The Morgan fingerprint density at radius 1 is 1.11 bits per heavy atom. The van der Waals surface area contributed by atoms with Crippen molar-refractivity contribution in [3.63, 3.8) is 0 Å². The lowest BCUT2D eigenvalue weighted by atomic mass is 10.1. The van der Waals surface area contributed by atoms with Crippen LogP contribution in [0.25, 0.3) is 0 Å². The fourth-order valence-corrected chi connectivity index (χ4v) is 1.57. The number of anilines is 1. The van der Waals surface area contributed by atoms with Crippen molar-refractivity contribution in [2.24, 2.45) is 0 Å². The Morgan fingerprint density at radius 2 is 1.79 bits per heavy atom. The molecule has 0 spiro atoms. The molecule has 0 radical (unpaired) electrons. The minimum absolute atomic E-state index is 0.0746. The molecule has 0 aliphatic rings. The van der Waals surface area contributed by atoms with E-state index in [1.54, 1.807) is 12.1 Å². The van der Waals surface area contributed by atoms with Crippen molar-refractivity contribution in [3.05, 3.63) is 65.2 Å². The molecule has 1 amide bonds. The second-order valence-electron chi connectivity index (χ2n) is 4.05. The van der Waals surface area contributed by atoms with E-state index in [1.807, 2.05) is 0 Å². The van der Waals surface area contributed by atoms with Crippen LogP contribution in [0.2, 0.25) is 0 Å². The predicted molar refractivity (Wildman–Crippen MR) is 68.4 cm³/mol. The molecule has 5 heteroatoms. The Balaban J connectivity index is 2.01. The van der Waals surface area contributed by atoms with Gasteiger partial charge in [-0.1, -0.05) is 12.1 Å². The summed E-state index contributed by atoms with van der Waals surface area (Å²) < 4.78 is 25.7. The fraction of sp³-hybridized carbons (Fsp3) is 0.0714. The molecular weight excluding hydrogens is 250 g/mol. The summed E-state index contributed by atoms with van der Waals surface area (Å²) in [4.78, 5) is 11.8. The molecule has 2 aromatic rings. The molecule has 0 bridgehead atoms. The van der Waals surface area contributed by atoms with Gasteiger partial charge >= 0.3 is 0 Å². The van der Waals surface area contributed by atoms with Crippen molar-refractivity contribution < 1.29 is 13.6 Å². The predicted octanol–water partition coefficient (Wildman–Crippen LogP) is 2.48. The minimum atomic E-state index is -0.560. The van der Waals surface area contributed by atoms with E-state index in [2.05, 4.69) is 5.32 Å². The number of carbonyl (C=O) groups excluding carboxylic acids is 1. The molecule has 0 saturated heterocycles. The number of amides is 1. The van der Waals surface area contributed by atoms with Gasteiger partial charge in [0.05, 0.1) is 5.69 Å². The highest BCUT2D eigenvalue weighted by Gasteiger charge is 2.07. The van der Waals surface area contributed by atoms with Gasteiger partial charge in [-0.3, -0.25) is 4.79 Å². The van der Waals surface area contributed by atoms with Gasteiger partial charge in [0.2, 0.25) is 0 Å². The molecule has 0 saturated carbocycles. The molecule has 0 aromatic heterocycles. The Labute approximate surface area is 109 Å². The quantitative estimate of drug-likeness (QED) is 0.835. The number of nitrogen functional groups attached to an aromatic ring is 1. The normalized spacial score (nSPS) is 10.2. The van der Waals surface area contributed by atoms with Gasteiger partial charge in [-0.2, -0.15) is 0 Å². The summed E-state index contributed by atoms with van der Waals surface area (Å²) in [6.07, 6.45) is 0. The number of carbonyl (C=O) groups is 1. The van der Waals surface area contributed by atoms with Crippen LogP contribution in [0, 0.1) is 11.6 Å². The van der Waals surface area contributed by atoms with Gasteiger partial charge in [0.15, 0.2) is 0 Å². The largest absolute Gasteiger partial charge is 0.396 e. The third-order valence-corrected chi connectivity index (χ3v) is 2.62. The zero-order chi connectivity index (χ0) is 13.8. The van der Waals surface area contributed by atoms with Gasteiger partial charge in [-0.15, -0.1) is 0 Å². The molecule has 0 heterocycles. The minimum Gasteiger partial charge on any atom is -0.396 e. The number of nitrogens with two attached hydrogens (primary N) is 1. The number of benzene rings is 2. The summed E-state index contributed by atoms with van der Waals surface area (Å²) in [6.45, 7) is 0.260. The van der Waals surface area contributed by atoms with Gasteiger partial charge in [0, 0.05) is 12.1 Å². The molecule has 2 aromatic carbocycles. The lowest BCUT2D eigenvalue weighted by Crippen LogP contribution is -2.22. The molecule has 3 nitrogen and oxygen atoms in total. The Bertz CT molecular complexity index is 597. The molecule has 0 aliphatic heterocycles. The summed E-state index contributed by atoms with van der Waals surface area (Å²) in [5.41, 5.74) is 6.36. The first-order chi connectivity index (χ1) is 9.06. The first-order valence-electron chi connectivity index (χ1n) is 5.64. The van der Waals surface area contributed by atoms with Gasteiger partial charge in [0.1, 0.15) is 11.6 Å². The van der Waals surface area contributed by atoms with Crippen LogP contribution >= 0.6 is 0 Å². The third kappa shape index (κ3) is 3.28. The van der Waals surface area contributed by atoms with Crippen LogP contribution in [0.5, 0.6) is 0 Å². The van der Waals surface area contributed by atoms with E-state index in [1.165, 1.54) is 24.3 Å². The van der Waals surface area contributed by atoms with Crippen LogP contribution in [-0.2, 0) is 6.54 Å². The summed E-state index contributed by atoms with van der Waals surface area (Å²) in [5.74, 6) is -1.26. The lowest BCUT2D eigenvalue weighted by molar-refractivity contribution is 0.0951. The van der Waals surface area contributed by atoms with Gasteiger partial charge in [0.25, 0.3) is 5.91 Å². The Kier molecular flexibility index (Phi) is 3.75. The maximum atomic E-state index is 13.0. The molecule has 3 N–H and O–H groups in total. The number of nitrogens with one attached hydrogen (secondary N) is 1. The van der Waals surface area contributed by atoms with E-state index in [0.29, 0.717) is 0 Å². The van der Waals surface area contributed by atoms with Crippen LogP contribution in [0.1, 0.15) is 15.9 Å². The van der Waals surface area contributed by atoms with Gasteiger partial charge in [-0.25, -0.2) is 8.78 Å². The number of halogens is 2. The number of hydrogen-bond acceptors (Lipinski definition) is 2. The maximum absolute atomic E-state index is 13.0. The number of hydrogen-bond donors (Lipinski definition) is 2. The second kappa shape index (κ2) is 5.48. The smallest absolute Gasteiger partial charge is 0.251 e. The van der Waals surface area contributed by atoms with Crippen LogP contribution in [0.4, 0.5) is 14.5 Å². The van der Waals surface area contributed by atoms with E-state index >= 15 is 0 Å². The topological polar surface area (TPSA) is 55.1 Å². The average Bonchev–Trinajstić information content (AvgIpc) is 2.41. The van der Waals surface area contributed by atoms with Gasteiger partial charge in [-0.05, 0) is 35.9 Å². The molecule has 0 aliphatic carbocycles. The zero-order valence-electron chi connectivity index (χ0n) is 9.99. The Hall–Kier alpha value is -2.43. The maximum Gasteiger partial charge on any atom is 0.251 e. The molecule has 0 fully saturated rings. The van der Waals surface area contributed by atoms with E-state index in [-0.39, 0.29) is 29.5 Å². The van der Waals surface area contributed by atoms with Crippen molar-refractivity contribution in [2.75, 3.05) is 5.73 Å². The van der Waals surface area contributed by atoms with Crippen molar-refractivity contribution in [2.45, 2.75) is 6.54 Å². The fourth-order valence-electron chi connectivity index (χ4n) is 1.57. The third-order valence-electron chi connectivity index (χ3n) is 2.62.